The summed E-state index contributed by atoms with van der Waals surface area (Å²) in [6.45, 7) is 8.55. The van der Waals surface area contributed by atoms with Gasteiger partial charge in [-0.1, -0.05) is 19.0 Å². The summed E-state index contributed by atoms with van der Waals surface area (Å²) >= 11 is 2.00. The maximum absolute atomic E-state index is 8.64. The molecule has 0 aliphatic carbocycles. The van der Waals surface area contributed by atoms with Gasteiger partial charge in [-0.05, 0) is 13.3 Å². The lowest BCUT2D eigenvalue weighted by Crippen LogP contribution is -2.44. The zero-order valence-corrected chi connectivity index (χ0v) is 10.5. The summed E-state index contributed by atoms with van der Waals surface area (Å²) in [6, 6.07) is 0.0319. The molecule has 88 valence electrons. The largest absolute Gasteiger partial charge is 0.409 e. The van der Waals surface area contributed by atoms with Crippen molar-refractivity contribution in [3.63, 3.8) is 0 Å². The number of hydrogen-bond donors (Lipinski definition) is 2. The first-order valence-corrected chi connectivity index (χ1v) is 6.30. The molecule has 15 heavy (non-hydrogen) atoms. The molecular weight excluding hydrogens is 210 g/mol. The molecule has 0 aromatic heterocycles. The predicted octanol–water partition coefficient (Wildman–Crippen LogP) is 1.34. The van der Waals surface area contributed by atoms with Gasteiger partial charge < -0.3 is 10.9 Å². The predicted molar refractivity (Wildman–Crippen MR) is 65.6 cm³/mol. The fraction of sp³-hybridized carbons (Fsp3) is 0.900. The van der Waals surface area contributed by atoms with E-state index in [4.69, 9.17) is 10.9 Å². The average Bonchev–Trinajstić information content (AvgIpc) is 2.37. The highest BCUT2D eigenvalue weighted by molar-refractivity contribution is 8.00. The van der Waals surface area contributed by atoms with Crippen LogP contribution in [0.15, 0.2) is 5.16 Å². The van der Waals surface area contributed by atoms with Crippen molar-refractivity contribution in [2.24, 2.45) is 10.9 Å². The zero-order valence-electron chi connectivity index (χ0n) is 9.73. The standard InChI is InChI=1S/C10H21N3OS/c1-8(9(11)12-14)13-5-4-10(2,3)15-7-6-13/h8,14H,4-7H2,1-3H3,(H2,11,12). The molecule has 1 aliphatic heterocycles. The van der Waals surface area contributed by atoms with Crippen molar-refractivity contribution < 1.29 is 5.21 Å². The maximum Gasteiger partial charge on any atom is 0.156 e. The summed E-state index contributed by atoms with van der Waals surface area (Å²) in [4.78, 5) is 2.27. The molecule has 1 saturated heterocycles. The van der Waals surface area contributed by atoms with Crippen LogP contribution >= 0.6 is 11.8 Å². The van der Waals surface area contributed by atoms with Crippen LogP contribution in [0.1, 0.15) is 27.2 Å². The highest BCUT2D eigenvalue weighted by Gasteiger charge is 2.26. The molecule has 5 heteroatoms. The van der Waals surface area contributed by atoms with Crippen LogP contribution in [0.5, 0.6) is 0 Å². The molecule has 0 aromatic rings. The van der Waals surface area contributed by atoms with Gasteiger partial charge in [0.05, 0.1) is 6.04 Å². The van der Waals surface area contributed by atoms with Gasteiger partial charge in [0, 0.05) is 23.6 Å². The fourth-order valence-electron chi connectivity index (χ4n) is 1.69. The van der Waals surface area contributed by atoms with Gasteiger partial charge in [0.15, 0.2) is 5.84 Å². The van der Waals surface area contributed by atoms with Crippen molar-refractivity contribution in [3.05, 3.63) is 0 Å². The Morgan fingerprint density at radius 2 is 2.20 bits per heavy atom. The average molecular weight is 231 g/mol. The first kappa shape index (κ1) is 12.6. The molecular formula is C10H21N3OS. The Kier molecular flexibility index (Phi) is 4.28. The van der Waals surface area contributed by atoms with Crippen LogP contribution in [0, 0.1) is 0 Å². The molecule has 3 N–H and O–H groups in total. The van der Waals surface area contributed by atoms with Gasteiger partial charge in [-0.25, -0.2) is 0 Å². The van der Waals surface area contributed by atoms with Crippen LogP contribution in [0.3, 0.4) is 0 Å². The second kappa shape index (κ2) is 5.07. The molecule has 0 amide bonds. The fourth-order valence-corrected chi connectivity index (χ4v) is 2.81. The van der Waals surface area contributed by atoms with E-state index in [1.165, 1.54) is 0 Å². The van der Waals surface area contributed by atoms with Crippen LogP contribution in [-0.2, 0) is 0 Å². The van der Waals surface area contributed by atoms with Gasteiger partial charge in [0.1, 0.15) is 0 Å². The van der Waals surface area contributed by atoms with E-state index in [2.05, 4.69) is 23.9 Å². The first-order valence-electron chi connectivity index (χ1n) is 5.32. The summed E-state index contributed by atoms with van der Waals surface area (Å²) in [5.41, 5.74) is 5.62. The third kappa shape index (κ3) is 3.57. The van der Waals surface area contributed by atoms with E-state index in [1.807, 2.05) is 18.7 Å². The lowest BCUT2D eigenvalue weighted by molar-refractivity contribution is 0.251. The molecule has 0 saturated carbocycles. The van der Waals surface area contributed by atoms with E-state index in [9.17, 15) is 0 Å². The summed E-state index contributed by atoms with van der Waals surface area (Å²) < 4.78 is 0.347. The Hall–Kier alpha value is -0.420. The molecule has 1 fully saturated rings. The maximum atomic E-state index is 8.64. The van der Waals surface area contributed by atoms with E-state index < -0.39 is 0 Å². The molecule has 1 heterocycles. The van der Waals surface area contributed by atoms with E-state index in [0.29, 0.717) is 10.6 Å². The molecule has 0 bridgehead atoms. The second-order valence-electron chi connectivity index (χ2n) is 4.59. The Morgan fingerprint density at radius 1 is 1.53 bits per heavy atom. The smallest absolute Gasteiger partial charge is 0.156 e. The van der Waals surface area contributed by atoms with Crippen molar-refractivity contribution >= 4 is 17.6 Å². The van der Waals surface area contributed by atoms with E-state index >= 15 is 0 Å². The van der Waals surface area contributed by atoms with Crippen LogP contribution in [0.25, 0.3) is 0 Å². The van der Waals surface area contributed by atoms with Crippen LogP contribution < -0.4 is 5.73 Å². The van der Waals surface area contributed by atoms with Crippen molar-refractivity contribution in [2.75, 3.05) is 18.8 Å². The van der Waals surface area contributed by atoms with Gasteiger partial charge in [-0.15, -0.1) is 0 Å². The van der Waals surface area contributed by atoms with Crippen molar-refractivity contribution in [3.8, 4) is 0 Å². The minimum atomic E-state index is 0.0319. The summed E-state index contributed by atoms with van der Waals surface area (Å²) in [6.07, 6.45) is 1.14. The molecule has 1 aliphatic rings. The van der Waals surface area contributed by atoms with Crippen LogP contribution in [-0.4, -0.2) is 45.6 Å². The van der Waals surface area contributed by atoms with Crippen LogP contribution in [0.4, 0.5) is 0 Å². The molecule has 0 spiro atoms. The first-order chi connectivity index (χ1) is 6.96. The van der Waals surface area contributed by atoms with E-state index in [-0.39, 0.29) is 6.04 Å². The van der Waals surface area contributed by atoms with Gasteiger partial charge in [-0.2, -0.15) is 11.8 Å². The summed E-state index contributed by atoms with van der Waals surface area (Å²) in [5, 5.41) is 11.7. The van der Waals surface area contributed by atoms with Crippen molar-refractivity contribution in [1.82, 2.24) is 4.90 Å². The van der Waals surface area contributed by atoms with Crippen molar-refractivity contribution in [1.29, 1.82) is 0 Å². The molecule has 0 aromatic carbocycles. The minimum absolute atomic E-state index is 0.0319. The number of hydrogen-bond acceptors (Lipinski definition) is 4. The normalized spacial score (nSPS) is 25.9. The topological polar surface area (TPSA) is 61.9 Å². The Morgan fingerprint density at radius 3 is 2.80 bits per heavy atom. The third-order valence-electron chi connectivity index (χ3n) is 2.96. The number of nitrogens with two attached hydrogens (primary N) is 1. The number of thioether (sulfide) groups is 1. The Labute approximate surface area is 95.9 Å². The number of nitrogens with zero attached hydrogens (tertiary/aromatic N) is 2. The number of rotatable bonds is 2. The van der Waals surface area contributed by atoms with Gasteiger partial charge in [0.2, 0.25) is 0 Å². The van der Waals surface area contributed by atoms with Crippen LogP contribution in [0.2, 0.25) is 0 Å². The van der Waals surface area contributed by atoms with Gasteiger partial charge in [0.25, 0.3) is 0 Å². The Balaban J connectivity index is 2.58. The summed E-state index contributed by atoms with van der Waals surface area (Å²) in [7, 11) is 0. The lowest BCUT2D eigenvalue weighted by atomic mass is 10.1. The second-order valence-corrected chi connectivity index (χ2v) is 6.40. The zero-order chi connectivity index (χ0) is 11.5. The third-order valence-corrected chi connectivity index (χ3v) is 4.34. The van der Waals surface area contributed by atoms with E-state index in [1.54, 1.807) is 0 Å². The monoisotopic (exact) mass is 231 g/mol. The van der Waals surface area contributed by atoms with Gasteiger partial charge in [-0.3, -0.25) is 4.90 Å². The number of amidine groups is 1. The quantitative estimate of drug-likeness (QED) is 0.326. The highest BCUT2D eigenvalue weighted by Crippen LogP contribution is 2.31. The molecule has 1 atom stereocenters. The number of oxime groups is 1. The molecule has 1 rings (SSSR count). The Bertz CT molecular complexity index is 243. The van der Waals surface area contributed by atoms with Crippen molar-refractivity contribution in [2.45, 2.75) is 38.0 Å². The minimum Gasteiger partial charge on any atom is -0.409 e. The molecule has 4 nitrogen and oxygen atoms in total. The SMILES string of the molecule is CC(C(N)=NO)N1CCSC(C)(C)CC1. The summed E-state index contributed by atoms with van der Waals surface area (Å²) in [5.74, 6) is 1.41. The lowest BCUT2D eigenvalue weighted by Gasteiger charge is -2.27. The molecule has 1 unspecified atom stereocenters. The van der Waals surface area contributed by atoms with Gasteiger partial charge >= 0.3 is 0 Å². The highest BCUT2D eigenvalue weighted by atomic mass is 32.2. The van der Waals surface area contributed by atoms with E-state index in [0.717, 1.165) is 25.3 Å². The molecule has 0 radical (unpaired) electrons.